The van der Waals surface area contributed by atoms with Crippen LogP contribution in [0.15, 0.2) is 52.1 Å². The summed E-state index contributed by atoms with van der Waals surface area (Å²) >= 11 is 4.74. The van der Waals surface area contributed by atoms with Crippen LogP contribution in [0.25, 0.3) is 5.69 Å². The number of nitrogens with zero attached hydrogens (tertiary/aromatic N) is 4. The minimum Gasteiger partial charge on any atom is -0.293 e. The van der Waals surface area contributed by atoms with Crippen molar-refractivity contribution in [3.05, 3.63) is 63.6 Å². The predicted molar refractivity (Wildman–Crippen MR) is 102 cm³/mol. The van der Waals surface area contributed by atoms with Crippen LogP contribution in [0, 0.1) is 13.8 Å². The molecule has 0 saturated carbocycles. The van der Waals surface area contributed by atoms with Gasteiger partial charge in [-0.25, -0.2) is 0 Å². The van der Waals surface area contributed by atoms with Gasteiger partial charge in [0.15, 0.2) is 5.78 Å². The van der Waals surface area contributed by atoms with Crippen LogP contribution < -0.4 is 0 Å². The molecule has 0 aliphatic rings. The average molecular weight is 417 g/mol. The van der Waals surface area contributed by atoms with Gasteiger partial charge in [0, 0.05) is 10.0 Å². The molecule has 1 aromatic heterocycles. The topological polar surface area (TPSA) is 60.7 Å². The van der Waals surface area contributed by atoms with E-state index in [2.05, 4.69) is 37.5 Å². The Kier molecular flexibility index (Phi) is 5.34. The molecule has 0 fully saturated rings. The third-order valence-corrected chi connectivity index (χ3v) is 5.36. The van der Waals surface area contributed by atoms with E-state index >= 15 is 0 Å². The quantitative estimate of drug-likeness (QED) is 0.455. The van der Waals surface area contributed by atoms with Gasteiger partial charge in [-0.1, -0.05) is 57.5 Å². The number of carbonyl (C=O) groups is 1. The maximum Gasteiger partial charge on any atom is 0.214 e. The number of aromatic nitrogens is 4. The maximum atomic E-state index is 12.6. The lowest BCUT2D eigenvalue weighted by atomic mass is 10.1. The van der Waals surface area contributed by atoms with Gasteiger partial charge in [-0.15, -0.1) is 5.10 Å². The fourth-order valence-corrected chi connectivity index (χ4v) is 3.65. The van der Waals surface area contributed by atoms with E-state index in [9.17, 15) is 4.79 Å². The fraction of sp³-hybridized carbons (Fsp3) is 0.222. The third-order valence-electron chi connectivity index (χ3n) is 3.80. The van der Waals surface area contributed by atoms with Crippen LogP contribution in [-0.4, -0.2) is 31.2 Å². The van der Waals surface area contributed by atoms with Gasteiger partial charge in [0.25, 0.3) is 0 Å². The number of halogens is 1. The normalized spacial score (nSPS) is 12.2. The summed E-state index contributed by atoms with van der Waals surface area (Å²) in [5, 5.41) is 12.3. The summed E-state index contributed by atoms with van der Waals surface area (Å²) in [7, 11) is 0. The van der Waals surface area contributed by atoms with Crippen molar-refractivity contribution in [1.82, 2.24) is 20.2 Å². The van der Waals surface area contributed by atoms with Gasteiger partial charge in [-0.2, -0.15) is 4.68 Å². The number of Topliss-reactive ketones (excluding diaryl/α,β-unsaturated/α-hetero) is 1. The minimum absolute atomic E-state index is 0.0488. The summed E-state index contributed by atoms with van der Waals surface area (Å²) in [6.07, 6.45) is 0. The first kappa shape index (κ1) is 17.8. The van der Waals surface area contributed by atoms with Gasteiger partial charge in [-0.05, 0) is 55.0 Å². The number of rotatable bonds is 5. The van der Waals surface area contributed by atoms with E-state index in [0.717, 1.165) is 15.7 Å². The zero-order valence-corrected chi connectivity index (χ0v) is 16.5. The number of aryl methyl sites for hydroxylation is 2. The summed E-state index contributed by atoms with van der Waals surface area (Å²) < 4.78 is 2.63. The lowest BCUT2D eigenvalue weighted by Gasteiger charge is -2.12. The highest BCUT2D eigenvalue weighted by Crippen LogP contribution is 2.27. The molecule has 5 nitrogen and oxygen atoms in total. The predicted octanol–water partition coefficient (Wildman–Crippen LogP) is 4.41. The highest BCUT2D eigenvalue weighted by molar-refractivity contribution is 9.10. The van der Waals surface area contributed by atoms with Crippen LogP contribution in [0.1, 0.15) is 28.4 Å². The number of benzene rings is 2. The molecule has 2 aromatic carbocycles. The van der Waals surface area contributed by atoms with Crippen molar-refractivity contribution in [3.63, 3.8) is 0 Å². The van der Waals surface area contributed by atoms with Crippen molar-refractivity contribution in [2.75, 3.05) is 0 Å². The molecular weight excluding hydrogens is 400 g/mol. The van der Waals surface area contributed by atoms with E-state index in [1.807, 2.05) is 57.2 Å². The van der Waals surface area contributed by atoms with Gasteiger partial charge < -0.3 is 0 Å². The molecule has 0 amide bonds. The Balaban J connectivity index is 1.83. The van der Waals surface area contributed by atoms with Crippen LogP contribution in [-0.2, 0) is 0 Å². The summed E-state index contributed by atoms with van der Waals surface area (Å²) in [6, 6.07) is 13.5. The van der Waals surface area contributed by atoms with Crippen LogP contribution in [0.3, 0.4) is 0 Å². The molecule has 7 heteroatoms. The Morgan fingerprint density at radius 3 is 2.56 bits per heavy atom. The highest BCUT2D eigenvalue weighted by Gasteiger charge is 2.21. The fourth-order valence-electron chi connectivity index (χ4n) is 2.51. The Bertz CT molecular complexity index is 908. The zero-order chi connectivity index (χ0) is 18.0. The second kappa shape index (κ2) is 7.49. The van der Waals surface area contributed by atoms with E-state index < -0.39 is 0 Å². The van der Waals surface area contributed by atoms with Crippen molar-refractivity contribution >= 4 is 33.5 Å². The van der Waals surface area contributed by atoms with Gasteiger partial charge in [0.2, 0.25) is 5.16 Å². The molecule has 0 unspecified atom stereocenters. The Hall–Kier alpha value is -1.99. The molecule has 0 spiro atoms. The van der Waals surface area contributed by atoms with E-state index in [1.165, 1.54) is 17.3 Å². The Labute approximate surface area is 159 Å². The molecule has 3 rings (SSSR count). The second-order valence-corrected chi connectivity index (χ2v) is 8.02. The van der Waals surface area contributed by atoms with Gasteiger partial charge in [0.05, 0.1) is 10.9 Å². The maximum absolute atomic E-state index is 12.6. The standard InChI is InChI=1S/C18H17BrN4OS/c1-11-4-9-16(12(2)10-11)23-18(20-21-22-23)25-13(3)17(24)14-5-7-15(19)8-6-14/h4-10,13H,1-3H3/t13-/m1/s1. The summed E-state index contributed by atoms with van der Waals surface area (Å²) in [4.78, 5) is 12.6. The van der Waals surface area contributed by atoms with E-state index in [0.29, 0.717) is 10.7 Å². The lowest BCUT2D eigenvalue weighted by Crippen LogP contribution is -2.14. The van der Waals surface area contributed by atoms with Crippen LogP contribution >= 0.6 is 27.7 Å². The smallest absolute Gasteiger partial charge is 0.214 e. The van der Waals surface area contributed by atoms with Gasteiger partial charge >= 0.3 is 0 Å². The van der Waals surface area contributed by atoms with Crippen molar-refractivity contribution < 1.29 is 4.79 Å². The van der Waals surface area contributed by atoms with Crippen molar-refractivity contribution in [2.45, 2.75) is 31.2 Å². The van der Waals surface area contributed by atoms with Crippen LogP contribution in [0.5, 0.6) is 0 Å². The molecule has 0 bridgehead atoms. The molecule has 0 radical (unpaired) electrons. The van der Waals surface area contributed by atoms with E-state index in [-0.39, 0.29) is 11.0 Å². The monoisotopic (exact) mass is 416 g/mol. The summed E-state index contributed by atoms with van der Waals surface area (Å²) in [6.45, 7) is 5.94. The Morgan fingerprint density at radius 1 is 1.16 bits per heavy atom. The average Bonchev–Trinajstić information content (AvgIpc) is 3.02. The van der Waals surface area contributed by atoms with Gasteiger partial charge in [0.1, 0.15) is 0 Å². The van der Waals surface area contributed by atoms with Crippen molar-refractivity contribution in [2.24, 2.45) is 0 Å². The molecule has 0 N–H and O–H groups in total. The largest absolute Gasteiger partial charge is 0.293 e. The molecule has 0 aliphatic carbocycles. The van der Waals surface area contributed by atoms with E-state index in [4.69, 9.17) is 0 Å². The number of thioether (sulfide) groups is 1. The first-order chi connectivity index (χ1) is 12.0. The van der Waals surface area contributed by atoms with Crippen molar-refractivity contribution in [1.29, 1.82) is 0 Å². The highest BCUT2D eigenvalue weighted by atomic mass is 79.9. The third kappa shape index (κ3) is 3.99. The molecule has 3 aromatic rings. The molecule has 0 aliphatic heterocycles. The number of hydrogen-bond donors (Lipinski definition) is 0. The first-order valence-electron chi connectivity index (χ1n) is 7.78. The van der Waals surface area contributed by atoms with Gasteiger partial charge in [-0.3, -0.25) is 4.79 Å². The SMILES string of the molecule is Cc1ccc(-n2nnnc2S[C@H](C)C(=O)c2ccc(Br)cc2)c(C)c1. The first-order valence-corrected chi connectivity index (χ1v) is 9.45. The number of tetrazole rings is 1. The van der Waals surface area contributed by atoms with Crippen LogP contribution in [0.2, 0.25) is 0 Å². The molecule has 128 valence electrons. The molecule has 0 saturated heterocycles. The lowest BCUT2D eigenvalue weighted by molar-refractivity contribution is 0.0994. The number of carbonyl (C=O) groups excluding carboxylic acids is 1. The van der Waals surface area contributed by atoms with E-state index in [1.54, 1.807) is 4.68 Å². The number of ketones is 1. The molecule has 25 heavy (non-hydrogen) atoms. The molecular formula is C18H17BrN4OS. The van der Waals surface area contributed by atoms with Crippen molar-refractivity contribution in [3.8, 4) is 5.69 Å². The summed E-state index contributed by atoms with van der Waals surface area (Å²) in [5.74, 6) is 0.0488. The second-order valence-electron chi connectivity index (χ2n) is 5.79. The number of hydrogen-bond acceptors (Lipinski definition) is 5. The summed E-state index contributed by atoms with van der Waals surface area (Å²) in [5.41, 5.74) is 3.86. The molecule has 1 atom stereocenters. The minimum atomic E-state index is -0.295. The Morgan fingerprint density at radius 2 is 1.88 bits per heavy atom. The molecule has 1 heterocycles. The van der Waals surface area contributed by atoms with Crippen LogP contribution in [0.4, 0.5) is 0 Å². The zero-order valence-electron chi connectivity index (χ0n) is 14.1.